The Kier molecular flexibility index (Phi) is 2.34. The minimum Gasteiger partial charge on any atom is -0.383 e. The second-order valence-corrected chi connectivity index (χ2v) is 5.20. The van der Waals surface area contributed by atoms with Crippen molar-refractivity contribution in [2.75, 3.05) is 12.3 Å². The molecule has 0 atom stereocenters. The molecule has 17 heavy (non-hydrogen) atoms. The van der Waals surface area contributed by atoms with Crippen LogP contribution in [0, 0.1) is 5.92 Å². The molecule has 1 amide bonds. The molecule has 1 aromatic heterocycles. The van der Waals surface area contributed by atoms with Crippen molar-refractivity contribution >= 4 is 11.7 Å². The van der Waals surface area contributed by atoms with Crippen LogP contribution in [0.3, 0.4) is 0 Å². The highest BCUT2D eigenvalue weighted by Crippen LogP contribution is 2.35. The first-order chi connectivity index (χ1) is 8.16. The zero-order valence-corrected chi connectivity index (χ0v) is 10.1. The fraction of sp³-hybridized carbons (Fsp3) is 0.667. The number of hydrogen-bond acceptors (Lipinski definition) is 3. The van der Waals surface area contributed by atoms with Crippen molar-refractivity contribution in [3.8, 4) is 0 Å². The molecule has 2 aliphatic carbocycles. The lowest BCUT2D eigenvalue weighted by Crippen LogP contribution is -2.35. The van der Waals surface area contributed by atoms with Gasteiger partial charge in [-0.2, -0.15) is 5.10 Å². The standard InChI is InChI=1S/C12H18N4O/c1-15-11(13)10(6-14-15)12(17)16(9-4-5-9)7-8-2-3-8/h6,8-9H,2-5,7,13H2,1H3. The SMILES string of the molecule is Cn1ncc(C(=O)N(CC2CC2)C2CC2)c1N. The molecular weight excluding hydrogens is 216 g/mol. The summed E-state index contributed by atoms with van der Waals surface area (Å²) in [6, 6.07) is 0.447. The van der Waals surface area contributed by atoms with Crippen molar-refractivity contribution in [2.24, 2.45) is 13.0 Å². The van der Waals surface area contributed by atoms with Crippen molar-refractivity contribution in [1.29, 1.82) is 0 Å². The highest BCUT2D eigenvalue weighted by atomic mass is 16.2. The maximum Gasteiger partial charge on any atom is 0.259 e. The van der Waals surface area contributed by atoms with Crippen LogP contribution in [0.15, 0.2) is 6.20 Å². The van der Waals surface area contributed by atoms with Gasteiger partial charge in [-0.15, -0.1) is 0 Å². The van der Waals surface area contributed by atoms with E-state index >= 15 is 0 Å². The van der Waals surface area contributed by atoms with Gasteiger partial charge in [0, 0.05) is 19.6 Å². The number of rotatable bonds is 4. The predicted molar refractivity (Wildman–Crippen MR) is 64.4 cm³/mol. The number of carbonyl (C=O) groups is 1. The first-order valence-corrected chi connectivity index (χ1v) is 6.25. The third-order valence-electron chi connectivity index (χ3n) is 3.62. The molecule has 0 radical (unpaired) electrons. The van der Waals surface area contributed by atoms with E-state index in [1.807, 2.05) is 4.90 Å². The Labute approximate surface area is 101 Å². The fourth-order valence-corrected chi connectivity index (χ4v) is 2.13. The van der Waals surface area contributed by atoms with Crippen molar-refractivity contribution < 1.29 is 4.79 Å². The van der Waals surface area contributed by atoms with E-state index in [-0.39, 0.29) is 5.91 Å². The maximum absolute atomic E-state index is 12.4. The van der Waals surface area contributed by atoms with Gasteiger partial charge in [-0.05, 0) is 31.6 Å². The Morgan fingerprint density at radius 2 is 2.24 bits per heavy atom. The molecule has 0 aliphatic heterocycles. The van der Waals surface area contributed by atoms with Crippen LogP contribution in [-0.2, 0) is 7.05 Å². The first kappa shape index (κ1) is 10.6. The second-order valence-electron chi connectivity index (χ2n) is 5.20. The summed E-state index contributed by atoms with van der Waals surface area (Å²) in [5, 5.41) is 4.04. The molecule has 1 heterocycles. The van der Waals surface area contributed by atoms with E-state index in [9.17, 15) is 4.79 Å². The molecule has 2 aliphatic rings. The van der Waals surface area contributed by atoms with Crippen LogP contribution >= 0.6 is 0 Å². The van der Waals surface area contributed by atoms with Gasteiger partial charge >= 0.3 is 0 Å². The Hall–Kier alpha value is -1.52. The number of nitrogen functional groups attached to an aromatic ring is 1. The van der Waals surface area contributed by atoms with E-state index in [0.717, 1.165) is 25.3 Å². The number of aromatic nitrogens is 2. The molecule has 2 N–H and O–H groups in total. The molecule has 5 nitrogen and oxygen atoms in total. The second kappa shape index (κ2) is 3.75. The van der Waals surface area contributed by atoms with Gasteiger partial charge in [-0.1, -0.05) is 0 Å². The molecule has 0 aromatic carbocycles. The first-order valence-electron chi connectivity index (χ1n) is 6.25. The third-order valence-corrected chi connectivity index (χ3v) is 3.62. The molecule has 3 rings (SSSR count). The molecule has 0 saturated heterocycles. The van der Waals surface area contributed by atoms with Crippen LogP contribution in [0.4, 0.5) is 5.82 Å². The highest BCUT2D eigenvalue weighted by Gasteiger charge is 2.37. The molecule has 5 heteroatoms. The normalized spacial score (nSPS) is 19.4. The van der Waals surface area contributed by atoms with Crippen molar-refractivity contribution in [3.63, 3.8) is 0 Å². The topological polar surface area (TPSA) is 64.2 Å². The van der Waals surface area contributed by atoms with Gasteiger partial charge in [0.05, 0.1) is 6.20 Å². The summed E-state index contributed by atoms with van der Waals surface area (Å²) in [6.07, 6.45) is 6.38. The van der Waals surface area contributed by atoms with Gasteiger partial charge in [0.15, 0.2) is 0 Å². The largest absolute Gasteiger partial charge is 0.383 e. The van der Waals surface area contributed by atoms with E-state index in [2.05, 4.69) is 5.10 Å². The number of hydrogen-bond donors (Lipinski definition) is 1. The molecule has 0 spiro atoms. The summed E-state index contributed by atoms with van der Waals surface area (Å²) in [6.45, 7) is 0.901. The van der Waals surface area contributed by atoms with E-state index in [1.54, 1.807) is 17.9 Å². The Morgan fingerprint density at radius 3 is 2.71 bits per heavy atom. The van der Waals surface area contributed by atoms with Crippen molar-refractivity contribution in [2.45, 2.75) is 31.7 Å². The highest BCUT2D eigenvalue weighted by molar-refractivity contribution is 5.98. The molecule has 1 aromatic rings. The van der Waals surface area contributed by atoms with Crippen LogP contribution in [-0.4, -0.2) is 33.2 Å². The fourth-order valence-electron chi connectivity index (χ4n) is 2.13. The van der Waals surface area contributed by atoms with Crippen LogP contribution in [0.25, 0.3) is 0 Å². The molecule has 0 bridgehead atoms. The Morgan fingerprint density at radius 1 is 1.53 bits per heavy atom. The van der Waals surface area contributed by atoms with E-state index in [0.29, 0.717) is 17.4 Å². The van der Waals surface area contributed by atoms with E-state index in [1.165, 1.54) is 12.8 Å². The maximum atomic E-state index is 12.4. The molecule has 2 fully saturated rings. The van der Waals surface area contributed by atoms with Crippen LogP contribution in [0.1, 0.15) is 36.0 Å². The number of nitrogens with zero attached hydrogens (tertiary/aromatic N) is 3. The van der Waals surface area contributed by atoms with Crippen molar-refractivity contribution in [1.82, 2.24) is 14.7 Å². The van der Waals surface area contributed by atoms with Crippen LogP contribution in [0.2, 0.25) is 0 Å². The van der Waals surface area contributed by atoms with Crippen LogP contribution in [0.5, 0.6) is 0 Å². The summed E-state index contributed by atoms with van der Waals surface area (Å²) < 4.78 is 1.55. The lowest BCUT2D eigenvalue weighted by Gasteiger charge is -2.21. The van der Waals surface area contributed by atoms with Gasteiger partial charge in [-0.3, -0.25) is 9.48 Å². The number of anilines is 1. The van der Waals surface area contributed by atoms with Gasteiger partial charge in [0.25, 0.3) is 5.91 Å². The summed E-state index contributed by atoms with van der Waals surface area (Å²) in [7, 11) is 1.76. The minimum atomic E-state index is 0.0602. The summed E-state index contributed by atoms with van der Waals surface area (Å²) in [4.78, 5) is 14.4. The number of carbonyl (C=O) groups excluding carboxylic acids is 1. The number of aryl methyl sites for hydroxylation is 1. The average molecular weight is 234 g/mol. The van der Waals surface area contributed by atoms with Gasteiger partial charge in [-0.25, -0.2) is 0 Å². The molecular formula is C12H18N4O. The van der Waals surface area contributed by atoms with Gasteiger partial charge < -0.3 is 10.6 Å². The van der Waals surface area contributed by atoms with Gasteiger partial charge in [0.2, 0.25) is 0 Å². The zero-order chi connectivity index (χ0) is 12.0. The summed E-state index contributed by atoms with van der Waals surface area (Å²) in [5.41, 5.74) is 6.42. The third kappa shape index (κ3) is 2.01. The van der Waals surface area contributed by atoms with Crippen LogP contribution < -0.4 is 5.73 Å². The monoisotopic (exact) mass is 234 g/mol. The summed E-state index contributed by atoms with van der Waals surface area (Å²) >= 11 is 0. The predicted octanol–water partition coefficient (Wildman–Crippen LogP) is 1.02. The quantitative estimate of drug-likeness (QED) is 0.845. The number of nitrogens with two attached hydrogens (primary N) is 1. The van der Waals surface area contributed by atoms with E-state index in [4.69, 9.17) is 5.73 Å². The van der Waals surface area contributed by atoms with Gasteiger partial charge in [0.1, 0.15) is 11.4 Å². The Balaban J connectivity index is 1.80. The minimum absolute atomic E-state index is 0.0602. The average Bonchev–Trinajstić information content (AvgIpc) is 3.18. The lowest BCUT2D eigenvalue weighted by atomic mass is 10.2. The lowest BCUT2D eigenvalue weighted by molar-refractivity contribution is 0.0736. The summed E-state index contributed by atoms with van der Waals surface area (Å²) in [5.74, 6) is 1.25. The molecule has 92 valence electrons. The molecule has 0 unspecified atom stereocenters. The van der Waals surface area contributed by atoms with Crippen molar-refractivity contribution in [3.05, 3.63) is 11.8 Å². The molecule has 2 saturated carbocycles. The zero-order valence-electron chi connectivity index (χ0n) is 10.1. The number of amides is 1. The Bertz CT molecular complexity index is 445. The van der Waals surface area contributed by atoms with E-state index < -0.39 is 0 Å². The smallest absolute Gasteiger partial charge is 0.259 e.